The number of likely N-dealkylation sites (N-methyl/N-ethyl adjacent to an activating group) is 1. The zero-order valence-corrected chi connectivity index (χ0v) is 17.5. The zero-order chi connectivity index (χ0) is 20.3. The molecular weight excluding hydrogens is 390 g/mol. The molecule has 1 N–H and O–H groups in total. The molecular formula is C20H25N5O3S. The van der Waals surface area contributed by atoms with Gasteiger partial charge in [-0.25, -0.2) is 4.79 Å². The minimum Gasteiger partial charge on any atom is -0.347 e. The van der Waals surface area contributed by atoms with Crippen molar-refractivity contribution in [2.75, 3.05) is 13.6 Å². The summed E-state index contributed by atoms with van der Waals surface area (Å²) < 4.78 is 2.13. The summed E-state index contributed by atoms with van der Waals surface area (Å²) in [5.41, 5.74) is 0.960. The van der Waals surface area contributed by atoms with Gasteiger partial charge >= 0.3 is 6.03 Å². The van der Waals surface area contributed by atoms with Crippen molar-refractivity contribution in [2.45, 2.75) is 63.6 Å². The summed E-state index contributed by atoms with van der Waals surface area (Å²) in [7, 11) is 1.51. The summed E-state index contributed by atoms with van der Waals surface area (Å²) in [5, 5.41) is 8.82. The average molecular weight is 416 g/mol. The molecule has 1 saturated carbocycles. The molecule has 0 bridgehead atoms. The van der Waals surface area contributed by atoms with Crippen molar-refractivity contribution in [1.29, 1.82) is 0 Å². The highest BCUT2D eigenvalue weighted by molar-refractivity contribution is 7.20. The number of carbonyl (C=O) groups excluding carboxylic acids is 3. The molecule has 2 aromatic heterocycles. The fourth-order valence-corrected chi connectivity index (χ4v) is 6.05. The topological polar surface area (TPSA) is 87.5 Å². The lowest BCUT2D eigenvalue weighted by atomic mass is 9.96. The van der Waals surface area contributed by atoms with Crippen LogP contribution >= 0.6 is 11.3 Å². The number of nitrogens with zero attached hydrogens (tertiary/aromatic N) is 4. The number of hydrogen-bond acceptors (Lipinski definition) is 5. The minimum absolute atomic E-state index is 0.139. The van der Waals surface area contributed by atoms with Crippen molar-refractivity contribution in [3.05, 3.63) is 16.6 Å². The number of fused-ring (bicyclic) bond motifs is 2. The molecule has 154 valence electrons. The van der Waals surface area contributed by atoms with E-state index in [1.54, 1.807) is 4.90 Å². The molecule has 5 rings (SSSR count). The summed E-state index contributed by atoms with van der Waals surface area (Å²) in [6, 6.07) is 1.43. The monoisotopic (exact) mass is 415 g/mol. The number of thiophene rings is 1. The van der Waals surface area contributed by atoms with Gasteiger partial charge in [0.05, 0.1) is 16.6 Å². The molecule has 3 fully saturated rings. The molecule has 2 atom stereocenters. The number of nitrogens with one attached hydrogen (secondary N) is 1. The van der Waals surface area contributed by atoms with Gasteiger partial charge in [0.2, 0.25) is 0 Å². The fourth-order valence-electron chi connectivity index (χ4n) is 4.91. The number of urea groups is 1. The normalized spacial score (nSPS) is 25.3. The number of amides is 4. The standard InChI is InChI=1S/C20H25N5O3S/c1-11-14-9-16(29-19(14)25(22-11)13-6-4-3-5-7-13)17(26)21-12-8-15-18(27)23(2)20(28)24(15)10-12/h9,12-13,15H,3-8,10H2,1-2H3,(H,21,26). The van der Waals surface area contributed by atoms with Crippen LogP contribution in [0.1, 0.15) is 59.9 Å². The maximum absolute atomic E-state index is 12.9. The lowest BCUT2D eigenvalue weighted by Crippen LogP contribution is -2.39. The number of carbonyl (C=O) groups is 3. The first-order valence-corrected chi connectivity index (χ1v) is 11.1. The summed E-state index contributed by atoms with van der Waals surface area (Å²) in [4.78, 5) is 41.6. The Labute approximate surface area is 172 Å². The maximum Gasteiger partial charge on any atom is 0.327 e. The van der Waals surface area contributed by atoms with E-state index in [1.807, 2.05) is 13.0 Å². The first-order valence-electron chi connectivity index (χ1n) is 10.3. The third-order valence-electron chi connectivity index (χ3n) is 6.50. The van der Waals surface area contributed by atoms with Crippen LogP contribution in [0.25, 0.3) is 10.2 Å². The van der Waals surface area contributed by atoms with Gasteiger partial charge in [-0.05, 0) is 32.3 Å². The van der Waals surface area contributed by atoms with E-state index in [4.69, 9.17) is 5.10 Å². The van der Waals surface area contributed by atoms with Crippen molar-refractivity contribution < 1.29 is 14.4 Å². The van der Waals surface area contributed by atoms with Crippen molar-refractivity contribution in [3.63, 3.8) is 0 Å². The van der Waals surface area contributed by atoms with Crippen molar-refractivity contribution in [1.82, 2.24) is 24.9 Å². The molecule has 0 spiro atoms. The zero-order valence-electron chi connectivity index (χ0n) is 16.7. The van der Waals surface area contributed by atoms with Gasteiger partial charge < -0.3 is 10.2 Å². The second-order valence-electron chi connectivity index (χ2n) is 8.41. The molecule has 1 aliphatic carbocycles. The lowest BCUT2D eigenvalue weighted by Gasteiger charge is -2.22. The molecule has 8 nitrogen and oxygen atoms in total. The third-order valence-corrected chi connectivity index (χ3v) is 7.62. The predicted molar refractivity (Wildman–Crippen MR) is 109 cm³/mol. The van der Waals surface area contributed by atoms with E-state index in [2.05, 4.69) is 10.00 Å². The summed E-state index contributed by atoms with van der Waals surface area (Å²) >= 11 is 1.49. The smallest absolute Gasteiger partial charge is 0.327 e. The SMILES string of the molecule is Cc1nn(C2CCCCC2)c2sc(C(=O)NC3CC4C(=O)N(C)C(=O)N4C3)cc12. The van der Waals surface area contributed by atoms with E-state index in [1.165, 1.54) is 37.6 Å². The molecule has 3 aliphatic rings. The predicted octanol–water partition coefficient (Wildman–Crippen LogP) is 2.68. The third kappa shape index (κ3) is 2.94. The lowest BCUT2D eigenvalue weighted by molar-refractivity contribution is -0.127. The van der Waals surface area contributed by atoms with Gasteiger partial charge in [0.25, 0.3) is 11.8 Å². The Morgan fingerprint density at radius 3 is 2.72 bits per heavy atom. The molecule has 2 aliphatic heterocycles. The van der Waals surface area contributed by atoms with Crippen molar-refractivity contribution in [3.8, 4) is 0 Å². The largest absolute Gasteiger partial charge is 0.347 e. The maximum atomic E-state index is 12.9. The van der Waals surface area contributed by atoms with Crippen LogP contribution in [0, 0.1) is 6.92 Å². The summed E-state index contributed by atoms with van der Waals surface area (Å²) in [6.45, 7) is 2.38. The van der Waals surface area contributed by atoms with Crippen LogP contribution in [0.3, 0.4) is 0 Å². The Balaban J connectivity index is 1.33. The number of aromatic nitrogens is 2. The van der Waals surface area contributed by atoms with Crippen molar-refractivity contribution >= 4 is 39.4 Å². The number of imide groups is 1. The molecule has 2 unspecified atom stereocenters. The Morgan fingerprint density at radius 2 is 2.00 bits per heavy atom. The van der Waals surface area contributed by atoms with Gasteiger partial charge in [-0.2, -0.15) is 5.10 Å². The van der Waals surface area contributed by atoms with E-state index < -0.39 is 6.04 Å². The van der Waals surface area contributed by atoms with E-state index in [0.717, 1.165) is 33.7 Å². The van der Waals surface area contributed by atoms with Crippen molar-refractivity contribution in [2.24, 2.45) is 0 Å². The van der Waals surface area contributed by atoms with Crippen LogP contribution in [0.4, 0.5) is 4.79 Å². The first kappa shape index (κ1) is 18.6. The molecule has 9 heteroatoms. The van der Waals surface area contributed by atoms with Crippen LogP contribution in [0.15, 0.2) is 6.07 Å². The van der Waals surface area contributed by atoms with Gasteiger partial charge in [0.1, 0.15) is 10.9 Å². The molecule has 4 amide bonds. The van der Waals surface area contributed by atoms with Crippen LogP contribution in [0.2, 0.25) is 0 Å². The minimum atomic E-state index is -0.442. The Morgan fingerprint density at radius 1 is 1.24 bits per heavy atom. The molecule has 4 heterocycles. The highest BCUT2D eigenvalue weighted by atomic mass is 32.1. The van der Waals surface area contributed by atoms with Crippen LogP contribution in [0.5, 0.6) is 0 Å². The van der Waals surface area contributed by atoms with Crippen LogP contribution in [-0.2, 0) is 4.79 Å². The average Bonchev–Trinajstić information content (AvgIpc) is 3.45. The second kappa shape index (κ2) is 6.83. The van der Waals surface area contributed by atoms with Gasteiger partial charge in [-0.15, -0.1) is 11.3 Å². The Hall–Kier alpha value is -2.42. The molecule has 29 heavy (non-hydrogen) atoms. The van der Waals surface area contributed by atoms with Gasteiger partial charge in [-0.3, -0.25) is 19.2 Å². The van der Waals surface area contributed by atoms with Gasteiger partial charge in [0.15, 0.2) is 0 Å². The highest BCUT2D eigenvalue weighted by Crippen LogP contribution is 2.35. The van der Waals surface area contributed by atoms with Gasteiger partial charge in [0, 0.05) is 25.0 Å². The first-order chi connectivity index (χ1) is 13.9. The van der Waals surface area contributed by atoms with E-state index in [0.29, 0.717) is 23.9 Å². The number of hydrogen-bond donors (Lipinski definition) is 1. The quantitative estimate of drug-likeness (QED) is 0.781. The van der Waals surface area contributed by atoms with E-state index >= 15 is 0 Å². The second-order valence-corrected chi connectivity index (χ2v) is 9.44. The molecule has 0 aromatic carbocycles. The van der Waals surface area contributed by atoms with Gasteiger partial charge in [-0.1, -0.05) is 19.3 Å². The number of rotatable bonds is 3. The summed E-state index contributed by atoms with van der Waals surface area (Å²) in [6.07, 6.45) is 6.51. The number of aryl methyl sites for hydroxylation is 1. The van der Waals surface area contributed by atoms with Crippen LogP contribution in [-0.4, -0.2) is 63.1 Å². The molecule has 2 saturated heterocycles. The van der Waals surface area contributed by atoms with Crippen LogP contribution < -0.4 is 5.32 Å². The molecule has 2 aromatic rings. The summed E-state index contributed by atoms with van der Waals surface area (Å²) in [5.74, 6) is -0.322. The molecule has 0 radical (unpaired) electrons. The highest BCUT2D eigenvalue weighted by Gasteiger charge is 2.49. The Bertz CT molecular complexity index is 981. The van der Waals surface area contributed by atoms with E-state index in [-0.39, 0.29) is 23.9 Å². The Kier molecular flexibility index (Phi) is 4.38. The fraction of sp³-hybridized carbons (Fsp3) is 0.600. The van der Waals surface area contributed by atoms with E-state index in [9.17, 15) is 14.4 Å².